The minimum Gasteiger partial charge on any atom is -0.465 e. The van der Waals surface area contributed by atoms with E-state index in [2.05, 4.69) is 33.0 Å². The Hall–Kier alpha value is -0.630. The van der Waals surface area contributed by atoms with Gasteiger partial charge < -0.3 is 10.1 Å². The Balaban J connectivity index is 2.51. The van der Waals surface area contributed by atoms with Crippen molar-refractivity contribution in [2.24, 2.45) is 0 Å². The Kier molecular flexibility index (Phi) is 6.78. The molecule has 0 fully saturated rings. The van der Waals surface area contributed by atoms with E-state index in [-0.39, 0.29) is 5.97 Å². The molecule has 1 unspecified atom stereocenters. The number of esters is 1. The molecular formula is C13H22IN3O2. The summed E-state index contributed by atoms with van der Waals surface area (Å²) in [7, 11) is 0. The maximum absolute atomic E-state index is 12.0. The van der Waals surface area contributed by atoms with E-state index in [9.17, 15) is 4.79 Å². The molecule has 1 N–H and O–H groups in total. The summed E-state index contributed by atoms with van der Waals surface area (Å²) in [6.45, 7) is 7.69. The van der Waals surface area contributed by atoms with Crippen LogP contribution in [0.25, 0.3) is 0 Å². The topological polar surface area (TPSA) is 56.2 Å². The van der Waals surface area contributed by atoms with Gasteiger partial charge in [0.25, 0.3) is 0 Å². The average Bonchev–Trinajstić information content (AvgIpc) is 2.76. The molecule has 0 radical (unpaired) electrons. The van der Waals surface area contributed by atoms with Crippen LogP contribution in [0, 0.1) is 3.57 Å². The molecule has 0 bridgehead atoms. The summed E-state index contributed by atoms with van der Waals surface area (Å²) in [6, 6.07) is 0. The van der Waals surface area contributed by atoms with E-state index in [4.69, 9.17) is 4.74 Å². The van der Waals surface area contributed by atoms with Crippen molar-refractivity contribution in [3.05, 3.63) is 16.0 Å². The third kappa shape index (κ3) is 5.10. The number of aryl methyl sites for hydroxylation is 1. The second-order valence-electron chi connectivity index (χ2n) is 4.61. The molecule has 0 aliphatic rings. The van der Waals surface area contributed by atoms with Crippen LogP contribution in [0.3, 0.4) is 0 Å². The number of likely N-dealkylation sites (N-methyl/N-ethyl adjacent to an activating group) is 1. The van der Waals surface area contributed by atoms with Gasteiger partial charge >= 0.3 is 5.97 Å². The minimum atomic E-state index is -0.606. The van der Waals surface area contributed by atoms with Crippen LogP contribution >= 0.6 is 22.6 Å². The quantitative estimate of drug-likeness (QED) is 0.556. The molecule has 108 valence electrons. The highest BCUT2D eigenvalue weighted by Crippen LogP contribution is 2.15. The van der Waals surface area contributed by atoms with Crippen LogP contribution in [0.4, 0.5) is 0 Å². The molecule has 19 heavy (non-hydrogen) atoms. The van der Waals surface area contributed by atoms with Crippen molar-refractivity contribution in [1.82, 2.24) is 15.1 Å². The largest absolute Gasteiger partial charge is 0.465 e. The highest BCUT2D eigenvalue weighted by atomic mass is 127. The summed E-state index contributed by atoms with van der Waals surface area (Å²) in [5, 5.41) is 7.46. The molecule has 1 atom stereocenters. The van der Waals surface area contributed by atoms with Crippen molar-refractivity contribution in [3.8, 4) is 0 Å². The molecule has 1 aromatic heterocycles. The van der Waals surface area contributed by atoms with Crippen LogP contribution in [0.1, 0.15) is 33.6 Å². The van der Waals surface area contributed by atoms with E-state index in [1.165, 1.54) is 0 Å². The zero-order chi connectivity index (χ0) is 14.3. The molecule has 0 spiro atoms. The van der Waals surface area contributed by atoms with Crippen LogP contribution in [0.15, 0.2) is 12.4 Å². The summed E-state index contributed by atoms with van der Waals surface area (Å²) in [5.74, 6) is -0.174. The number of aromatic nitrogens is 2. The number of hydrogen-bond acceptors (Lipinski definition) is 4. The monoisotopic (exact) mass is 379 g/mol. The first-order valence-corrected chi connectivity index (χ1v) is 7.70. The van der Waals surface area contributed by atoms with Gasteiger partial charge in [-0.2, -0.15) is 5.10 Å². The van der Waals surface area contributed by atoms with Gasteiger partial charge in [-0.3, -0.25) is 9.48 Å². The van der Waals surface area contributed by atoms with Crippen molar-refractivity contribution in [3.63, 3.8) is 0 Å². The zero-order valence-corrected chi connectivity index (χ0v) is 13.9. The number of carbonyl (C=O) groups is 1. The molecule has 0 saturated carbocycles. The van der Waals surface area contributed by atoms with E-state index < -0.39 is 5.54 Å². The SMILES string of the molecule is CCNC(C)(CCCn1cc(I)cn1)C(=O)OCC. The van der Waals surface area contributed by atoms with Crippen molar-refractivity contribution in [1.29, 1.82) is 0 Å². The second-order valence-corrected chi connectivity index (χ2v) is 5.85. The Morgan fingerprint density at radius 3 is 2.84 bits per heavy atom. The summed E-state index contributed by atoms with van der Waals surface area (Å²) in [6.07, 6.45) is 5.43. The summed E-state index contributed by atoms with van der Waals surface area (Å²) >= 11 is 2.23. The lowest BCUT2D eigenvalue weighted by atomic mass is 9.95. The van der Waals surface area contributed by atoms with E-state index in [0.717, 1.165) is 29.5 Å². The minimum absolute atomic E-state index is 0.174. The lowest BCUT2D eigenvalue weighted by Crippen LogP contribution is -2.50. The van der Waals surface area contributed by atoms with E-state index in [1.54, 1.807) is 0 Å². The first-order chi connectivity index (χ1) is 9.01. The molecule has 0 aromatic carbocycles. The van der Waals surface area contributed by atoms with E-state index in [1.807, 2.05) is 37.8 Å². The summed E-state index contributed by atoms with van der Waals surface area (Å²) in [5.41, 5.74) is -0.606. The number of nitrogens with zero attached hydrogens (tertiary/aromatic N) is 2. The average molecular weight is 379 g/mol. The van der Waals surface area contributed by atoms with Gasteiger partial charge in [0, 0.05) is 12.7 Å². The van der Waals surface area contributed by atoms with E-state index >= 15 is 0 Å². The first-order valence-electron chi connectivity index (χ1n) is 6.62. The Bertz CT molecular complexity index is 408. The van der Waals surface area contributed by atoms with Crippen molar-refractivity contribution < 1.29 is 9.53 Å². The lowest BCUT2D eigenvalue weighted by molar-refractivity contribution is -0.150. The highest BCUT2D eigenvalue weighted by Gasteiger charge is 2.33. The van der Waals surface area contributed by atoms with Gasteiger partial charge in [-0.05, 0) is 55.8 Å². The van der Waals surface area contributed by atoms with Crippen molar-refractivity contribution in [2.45, 2.75) is 45.7 Å². The normalized spacial score (nSPS) is 14.1. The molecule has 1 aromatic rings. The fourth-order valence-corrected chi connectivity index (χ4v) is 2.44. The van der Waals surface area contributed by atoms with Crippen molar-refractivity contribution in [2.75, 3.05) is 13.2 Å². The molecule has 5 nitrogen and oxygen atoms in total. The Morgan fingerprint density at radius 2 is 2.32 bits per heavy atom. The lowest BCUT2D eigenvalue weighted by Gasteiger charge is -2.28. The number of ether oxygens (including phenoxy) is 1. The Labute approximate surface area is 128 Å². The smallest absolute Gasteiger partial charge is 0.326 e. The zero-order valence-electron chi connectivity index (χ0n) is 11.8. The highest BCUT2D eigenvalue weighted by molar-refractivity contribution is 14.1. The van der Waals surface area contributed by atoms with Gasteiger partial charge in [0.15, 0.2) is 0 Å². The number of halogens is 1. The van der Waals surface area contributed by atoms with Gasteiger partial charge in [-0.1, -0.05) is 6.92 Å². The predicted molar refractivity (Wildman–Crippen MR) is 82.9 cm³/mol. The maximum Gasteiger partial charge on any atom is 0.326 e. The van der Waals surface area contributed by atoms with Gasteiger partial charge in [-0.15, -0.1) is 0 Å². The molecule has 0 aliphatic carbocycles. The first kappa shape index (κ1) is 16.4. The molecule has 6 heteroatoms. The third-order valence-electron chi connectivity index (χ3n) is 2.96. The molecule has 1 heterocycles. The second kappa shape index (κ2) is 7.84. The van der Waals surface area contributed by atoms with Gasteiger partial charge in [0.2, 0.25) is 0 Å². The van der Waals surface area contributed by atoms with Crippen molar-refractivity contribution >= 4 is 28.6 Å². The summed E-state index contributed by atoms with van der Waals surface area (Å²) < 4.78 is 8.17. The number of rotatable bonds is 8. The molecule has 0 saturated heterocycles. The predicted octanol–water partition coefficient (Wildman–Crippen LogP) is 2.20. The van der Waals surface area contributed by atoms with E-state index in [0.29, 0.717) is 6.61 Å². The van der Waals surface area contributed by atoms with Crippen LogP contribution < -0.4 is 5.32 Å². The van der Waals surface area contributed by atoms with Crippen LogP contribution in [-0.4, -0.2) is 34.4 Å². The van der Waals surface area contributed by atoms with Crippen LogP contribution in [0.2, 0.25) is 0 Å². The summed E-state index contributed by atoms with van der Waals surface area (Å²) in [4.78, 5) is 12.0. The van der Waals surface area contributed by atoms with Crippen LogP contribution in [-0.2, 0) is 16.1 Å². The standard InChI is InChI=1S/C13H22IN3O2/c1-4-15-13(3,12(18)19-5-2)7-6-8-17-10-11(14)9-16-17/h9-10,15H,4-8H2,1-3H3. The van der Waals surface area contributed by atoms with Gasteiger partial charge in [0.05, 0.1) is 16.4 Å². The van der Waals surface area contributed by atoms with Crippen LogP contribution in [0.5, 0.6) is 0 Å². The third-order valence-corrected chi connectivity index (χ3v) is 3.52. The number of nitrogens with one attached hydrogen (secondary N) is 1. The molecule has 0 amide bonds. The Morgan fingerprint density at radius 1 is 1.58 bits per heavy atom. The van der Waals surface area contributed by atoms with Gasteiger partial charge in [-0.25, -0.2) is 0 Å². The fraction of sp³-hybridized carbons (Fsp3) is 0.692. The maximum atomic E-state index is 12.0. The number of hydrogen-bond donors (Lipinski definition) is 1. The molecule has 1 rings (SSSR count). The fourth-order valence-electron chi connectivity index (χ4n) is 2.00. The van der Waals surface area contributed by atoms with Gasteiger partial charge in [0.1, 0.15) is 5.54 Å². The molecule has 0 aliphatic heterocycles. The molecular weight excluding hydrogens is 357 g/mol. The number of carbonyl (C=O) groups excluding carboxylic acids is 1.